The van der Waals surface area contributed by atoms with Crippen LogP contribution in [-0.4, -0.2) is 38.9 Å². The number of carbonyl (C=O) groups excluding carboxylic acids is 1. The predicted molar refractivity (Wildman–Crippen MR) is 114 cm³/mol. The molecule has 0 aliphatic heterocycles. The van der Waals surface area contributed by atoms with E-state index >= 15 is 0 Å². The van der Waals surface area contributed by atoms with E-state index < -0.39 is 23.2 Å². The van der Waals surface area contributed by atoms with Gasteiger partial charge in [0.1, 0.15) is 0 Å². The fourth-order valence-corrected chi connectivity index (χ4v) is 3.46. The summed E-state index contributed by atoms with van der Waals surface area (Å²) in [5.74, 6) is -3.89. The molecule has 0 aliphatic rings. The number of ether oxygens (including phenoxy) is 1. The van der Waals surface area contributed by atoms with Crippen LogP contribution < -0.4 is 10.1 Å². The van der Waals surface area contributed by atoms with Gasteiger partial charge in [-0.15, -0.1) is 0 Å². The van der Waals surface area contributed by atoms with Crippen LogP contribution >= 0.6 is 12.6 Å². The van der Waals surface area contributed by atoms with Gasteiger partial charge in [-0.2, -0.15) is 12.6 Å². The largest absolute Gasteiger partial charge is 0.478 e. The van der Waals surface area contributed by atoms with Crippen LogP contribution in [0.15, 0.2) is 18.3 Å². The molecule has 1 aromatic heterocycles. The van der Waals surface area contributed by atoms with Gasteiger partial charge >= 0.3 is 5.97 Å². The van der Waals surface area contributed by atoms with Crippen LogP contribution in [0.2, 0.25) is 0 Å². The number of carbonyl (C=O) groups is 2. The van der Waals surface area contributed by atoms with Gasteiger partial charge in [0.2, 0.25) is 5.91 Å². The first kappa shape index (κ1) is 24.6. The van der Waals surface area contributed by atoms with Crippen molar-refractivity contribution in [2.24, 2.45) is 11.8 Å². The van der Waals surface area contributed by atoms with Gasteiger partial charge in [-0.05, 0) is 25.3 Å². The lowest BCUT2D eigenvalue weighted by Crippen LogP contribution is -2.32. The van der Waals surface area contributed by atoms with E-state index in [9.17, 15) is 18.4 Å². The Morgan fingerprint density at radius 1 is 1.29 bits per heavy atom. The molecule has 1 aromatic carbocycles. The molecule has 0 radical (unpaired) electrons. The second-order valence-electron chi connectivity index (χ2n) is 7.48. The molecule has 2 rings (SSSR count). The lowest BCUT2D eigenvalue weighted by Gasteiger charge is -2.17. The average Bonchev–Trinajstić information content (AvgIpc) is 3.09. The van der Waals surface area contributed by atoms with Gasteiger partial charge in [-0.1, -0.05) is 19.9 Å². The molecule has 0 unspecified atom stereocenters. The number of nitrogens with one attached hydrogen (secondary N) is 1. The maximum atomic E-state index is 14.5. The monoisotopic (exact) mass is 455 g/mol. The molecule has 10 heteroatoms. The van der Waals surface area contributed by atoms with Crippen molar-refractivity contribution in [3.05, 3.63) is 46.8 Å². The molecule has 1 amide bonds. The summed E-state index contributed by atoms with van der Waals surface area (Å²) in [6.45, 7) is 6.07. The molecule has 2 aromatic rings. The molecule has 7 nitrogen and oxygen atoms in total. The Morgan fingerprint density at radius 2 is 2.00 bits per heavy atom. The number of aromatic nitrogens is 2. The normalized spacial score (nSPS) is 12.1. The van der Waals surface area contributed by atoms with E-state index in [-0.39, 0.29) is 36.5 Å². The number of amides is 1. The summed E-state index contributed by atoms with van der Waals surface area (Å²) in [6, 6.07) is 2.40. The highest BCUT2D eigenvalue weighted by Gasteiger charge is 2.22. The van der Waals surface area contributed by atoms with E-state index in [4.69, 9.17) is 9.84 Å². The number of carboxylic acids is 1. The first-order valence-electron chi connectivity index (χ1n) is 9.95. The van der Waals surface area contributed by atoms with Crippen LogP contribution in [0.25, 0.3) is 0 Å². The minimum Gasteiger partial charge on any atom is -0.478 e. The zero-order valence-corrected chi connectivity index (χ0v) is 18.6. The van der Waals surface area contributed by atoms with Gasteiger partial charge in [0.15, 0.2) is 11.6 Å². The third-order valence-electron chi connectivity index (χ3n) is 4.69. The van der Waals surface area contributed by atoms with Crippen molar-refractivity contribution in [2.75, 3.05) is 12.4 Å². The summed E-state index contributed by atoms with van der Waals surface area (Å²) in [6.07, 6.45) is 2.18. The number of hydrogen-bond donors (Lipinski definition) is 3. The van der Waals surface area contributed by atoms with E-state index in [1.807, 2.05) is 13.8 Å². The SMILES string of the molecule is CCOc1ncc(CNC(=O)[C@@H](CS)CC(C)C)n1Cc1ccc(C(=O)O)c(F)c1F. The van der Waals surface area contributed by atoms with Crippen LogP contribution in [0.3, 0.4) is 0 Å². The Hall–Kier alpha value is -2.62. The molecule has 1 atom stereocenters. The zero-order valence-electron chi connectivity index (χ0n) is 17.7. The molecule has 31 heavy (non-hydrogen) atoms. The van der Waals surface area contributed by atoms with E-state index in [1.165, 1.54) is 16.8 Å². The Bertz CT molecular complexity index is 934. The number of nitrogens with zero attached hydrogens (tertiary/aromatic N) is 2. The third kappa shape index (κ3) is 6.19. The Balaban J connectivity index is 2.26. The summed E-state index contributed by atoms with van der Waals surface area (Å²) in [5, 5.41) is 11.8. The second-order valence-corrected chi connectivity index (χ2v) is 7.85. The van der Waals surface area contributed by atoms with Crippen molar-refractivity contribution in [2.45, 2.75) is 40.3 Å². The van der Waals surface area contributed by atoms with Crippen molar-refractivity contribution >= 4 is 24.5 Å². The lowest BCUT2D eigenvalue weighted by atomic mass is 9.98. The third-order valence-corrected chi connectivity index (χ3v) is 5.13. The van der Waals surface area contributed by atoms with E-state index in [1.54, 1.807) is 6.92 Å². The van der Waals surface area contributed by atoms with Crippen molar-refractivity contribution in [3.8, 4) is 6.01 Å². The highest BCUT2D eigenvalue weighted by molar-refractivity contribution is 7.80. The summed E-state index contributed by atoms with van der Waals surface area (Å²) < 4.78 is 35.5. The predicted octanol–water partition coefficient (Wildman–Crippen LogP) is 3.51. The number of benzene rings is 1. The summed E-state index contributed by atoms with van der Waals surface area (Å²) in [4.78, 5) is 27.7. The van der Waals surface area contributed by atoms with Gasteiger partial charge in [-0.25, -0.2) is 18.6 Å². The standard InChI is InChI=1S/C21H27F2N3O4S/c1-4-30-21-25-9-15(8-24-19(27)14(11-31)7-12(2)3)26(21)10-13-5-6-16(20(28)29)18(23)17(13)22/h5-6,9,12,14,31H,4,7-8,10-11H2,1-3H3,(H,24,27)(H,28,29)/t14-/m1/s1. The first-order chi connectivity index (χ1) is 14.7. The molecular formula is C21H27F2N3O4S. The fourth-order valence-electron chi connectivity index (χ4n) is 3.15. The topological polar surface area (TPSA) is 93.5 Å². The van der Waals surface area contributed by atoms with Crippen LogP contribution in [-0.2, 0) is 17.9 Å². The molecule has 1 heterocycles. The molecule has 170 valence electrons. The Kier molecular flexibility index (Phi) is 8.85. The molecule has 0 fully saturated rings. The highest BCUT2D eigenvalue weighted by atomic mass is 32.1. The van der Waals surface area contributed by atoms with Crippen LogP contribution in [0.4, 0.5) is 8.78 Å². The van der Waals surface area contributed by atoms with Gasteiger partial charge in [0.25, 0.3) is 6.01 Å². The van der Waals surface area contributed by atoms with Gasteiger partial charge in [0.05, 0.1) is 37.2 Å². The first-order valence-corrected chi connectivity index (χ1v) is 10.6. The average molecular weight is 456 g/mol. The molecule has 0 bridgehead atoms. The van der Waals surface area contributed by atoms with Crippen molar-refractivity contribution < 1.29 is 28.2 Å². The summed E-state index contributed by atoms with van der Waals surface area (Å²) >= 11 is 4.25. The van der Waals surface area contributed by atoms with Gasteiger partial charge in [-0.3, -0.25) is 9.36 Å². The van der Waals surface area contributed by atoms with Crippen LogP contribution in [0.5, 0.6) is 6.01 Å². The van der Waals surface area contributed by atoms with E-state index in [0.29, 0.717) is 30.4 Å². The lowest BCUT2D eigenvalue weighted by molar-refractivity contribution is -0.124. The molecule has 0 saturated carbocycles. The smallest absolute Gasteiger partial charge is 0.338 e. The molecule has 2 N–H and O–H groups in total. The second kappa shape index (κ2) is 11.1. The number of carboxylic acid groups (broad SMARTS) is 1. The molecule has 0 saturated heterocycles. The minimum absolute atomic E-state index is 0.0675. The van der Waals surface area contributed by atoms with E-state index in [2.05, 4.69) is 22.9 Å². The number of hydrogen-bond acceptors (Lipinski definition) is 5. The van der Waals surface area contributed by atoms with Gasteiger partial charge in [0, 0.05) is 17.2 Å². The number of thiol groups is 1. The quantitative estimate of drug-likeness (QED) is 0.451. The Morgan fingerprint density at radius 3 is 2.58 bits per heavy atom. The molecule has 0 spiro atoms. The number of rotatable bonds is 11. The summed E-state index contributed by atoms with van der Waals surface area (Å²) in [7, 11) is 0. The fraction of sp³-hybridized carbons (Fsp3) is 0.476. The number of aromatic carboxylic acids is 1. The number of halogens is 2. The Labute approximate surface area is 185 Å². The summed E-state index contributed by atoms with van der Waals surface area (Å²) in [5.41, 5.74) is -0.282. The molecular weight excluding hydrogens is 428 g/mol. The van der Waals surface area contributed by atoms with Crippen molar-refractivity contribution in [1.29, 1.82) is 0 Å². The maximum Gasteiger partial charge on any atom is 0.338 e. The van der Waals surface area contributed by atoms with Gasteiger partial charge < -0.3 is 15.2 Å². The van der Waals surface area contributed by atoms with Crippen LogP contribution in [0.1, 0.15) is 48.8 Å². The van der Waals surface area contributed by atoms with E-state index in [0.717, 1.165) is 6.07 Å². The zero-order chi connectivity index (χ0) is 23.1. The minimum atomic E-state index is -1.55. The van der Waals surface area contributed by atoms with Crippen molar-refractivity contribution in [1.82, 2.24) is 14.9 Å². The highest BCUT2D eigenvalue weighted by Crippen LogP contribution is 2.22. The van der Waals surface area contributed by atoms with Crippen molar-refractivity contribution in [3.63, 3.8) is 0 Å². The maximum absolute atomic E-state index is 14.5. The molecule has 0 aliphatic carbocycles. The van der Waals surface area contributed by atoms with Crippen LogP contribution in [0, 0.1) is 23.5 Å². The number of imidazole rings is 1.